The maximum absolute atomic E-state index is 11.3. The molecule has 1 saturated heterocycles. The summed E-state index contributed by atoms with van der Waals surface area (Å²) < 4.78 is 5.02. The van der Waals surface area contributed by atoms with Crippen LogP contribution in [0.25, 0.3) is 0 Å². The van der Waals surface area contributed by atoms with Crippen molar-refractivity contribution in [2.45, 2.75) is 25.4 Å². The number of carbonyl (C=O) groups excluding carboxylic acids is 2. The van der Waals surface area contributed by atoms with Crippen LogP contribution < -0.4 is 0 Å². The average Bonchev–Trinajstić information content (AvgIpc) is 2.33. The maximum Gasteiger partial charge on any atom is 0.306 e. The molecule has 2 rings (SSSR count). The van der Waals surface area contributed by atoms with Gasteiger partial charge >= 0.3 is 5.97 Å². The van der Waals surface area contributed by atoms with Crippen LogP contribution in [-0.4, -0.2) is 17.9 Å². The van der Waals surface area contributed by atoms with E-state index < -0.39 is 0 Å². The normalized spacial score (nSPS) is 34.3. The molecule has 1 heterocycles. The zero-order valence-electron chi connectivity index (χ0n) is 6.66. The molecule has 0 radical (unpaired) electrons. The molecule has 0 aromatic carbocycles. The van der Waals surface area contributed by atoms with Gasteiger partial charge in [0.15, 0.2) is 5.78 Å². The van der Waals surface area contributed by atoms with Crippen LogP contribution in [0.1, 0.15) is 19.3 Å². The van der Waals surface area contributed by atoms with Crippen LogP contribution in [0.15, 0.2) is 12.2 Å². The lowest BCUT2D eigenvalue weighted by atomic mass is 9.96. The number of rotatable bonds is 0. The Hall–Kier alpha value is -1.12. The molecule has 12 heavy (non-hydrogen) atoms. The zero-order chi connectivity index (χ0) is 8.55. The summed E-state index contributed by atoms with van der Waals surface area (Å²) in [5.41, 5.74) is 0. The van der Waals surface area contributed by atoms with Crippen molar-refractivity contribution in [2.75, 3.05) is 0 Å². The first-order valence-corrected chi connectivity index (χ1v) is 4.17. The van der Waals surface area contributed by atoms with Crippen molar-refractivity contribution in [3.63, 3.8) is 0 Å². The molecule has 3 heteroatoms. The van der Waals surface area contributed by atoms with Gasteiger partial charge in [-0.15, -0.1) is 0 Å². The second kappa shape index (κ2) is 2.73. The Labute approximate surface area is 70.4 Å². The topological polar surface area (TPSA) is 43.4 Å². The number of hydrogen-bond donors (Lipinski definition) is 0. The first-order valence-electron chi connectivity index (χ1n) is 4.17. The van der Waals surface area contributed by atoms with E-state index in [9.17, 15) is 9.59 Å². The van der Waals surface area contributed by atoms with Crippen molar-refractivity contribution >= 4 is 11.8 Å². The number of fused-ring (bicyclic) bond motifs is 1. The van der Waals surface area contributed by atoms with Gasteiger partial charge in [-0.05, 0) is 18.9 Å². The van der Waals surface area contributed by atoms with E-state index >= 15 is 0 Å². The Morgan fingerprint density at radius 3 is 3.08 bits per heavy atom. The predicted octanol–water partition coefficient (Wildman–Crippen LogP) is 0.837. The maximum atomic E-state index is 11.3. The van der Waals surface area contributed by atoms with Gasteiger partial charge < -0.3 is 4.74 Å². The number of hydrogen-bond acceptors (Lipinski definition) is 3. The van der Waals surface area contributed by atoms with Crippen molar-refractivity contribution in [1.29, 1.82) is 0 Å². The smallest absolute Gasteiger partial charge is 0.306 e. The Balaban J connectivity index is 2.20. The predicted molar refractivity (Wildman–Crippen MR) is 41.4 cm³/mol. The van der Waals surface area contributed by atoms with Crippen LogP contribution in [-0.2, 0) is 14.3 Å². The molecule has 0 aromatic rings. The van der Waals surface area contributed by atoms with Gasteiger partial charge in [0.25, 0.3) is 0 Å². The lowest BCUT2D eigenvalue weighted by molar-refractivity contribution is -0.141. The van der Waals surface area contributed by atoms with Crippen LogP contribution in [0.4, 0.5) is 0 Å². The van der Waals surface area contributed by atoms with Crippen molar-refractivity contribution in [2.24, 2.45) is 5.92 Å². The third-order valence-electron chi connectivity index (χ3n) is 2.38. The Morgan fingerprint density at radius 2 is 2.25 bits per heavy atom. The Morgan fingerprint density at radius 1 is 1.42 bits per heavy atom. The highest BCUT2D eigenvalue weighted by Crippen LogP contribution is 2.28. The van der Waals surface area contributed by atoms with E-state index in [0.717, 1.165) is 12.8 Å². The summed E-state index contributed by atoms with van der Waals surface area (Å²) in [6.45, 7) is 0. The van der Waals surface area contributed by atoms with Gasteiger partial charge in [-0.25, -0.2) is 0 Å². The third-order valence-corrected chi connectivity index (χ3v) is 2.38. The van der Waals surface area contributed by atoms with Crippen LogP contribution in [0.5, 0.6) is 0 Å². The first kappa shape index (κ1) is 7.53. The summed E-state index contributed by atoms with van der Waals surface area (Å²) in [5, 5.41) is 0. The molecular formula is C9H10O3. The summed E-state index contributed by atoms with van der Waals surface area (Å²) in [6, 6.07) is 0. The zero-order valence-corrected chi connectivity index (χ0v) is 6.66. The summed E-state index contributed by atoms with van der Waals surface area (Å²) in [4.78, 5) is 22.2. The highest BCUT2D eigenvalue weighted by Gasteiger charge is 2.38. The van der Waals surface area contributed by atoms with Crippen molar-refractivity contribution < 1.29 is 14.3 Å². The fraction of sp³-hybridized carbons (Fsp3) is 0.556. The molecule has 0 unspecified atom stereocenters. The van der Waals surface area contributed by atoms with E-state index in [1.807, 2.05) is 6.08 Å². The molecule has 0 spiro atoms. The lowest BCUT2D eigenvalue weighted by Crippen LogP contribution is -2.21. The second-order valence-electron chi connectivity index (χ2n) is 3.22. The van der Waals surface area contributed by atoms with Crippen LogP contribution >= 0.6 is 0 Å². The summed E-state index contributed by atoms with van der Waals surface area (Å²) >= 11 is 0. The van der Waals surface area contributed by atoms with Gasteiger partial charge in [0.1, 0.15) is 6.10 Å². The minimum atomic E-state index is -0.228. The Kier molecular flexibility index (Phi) is 1.71. The molecule has 2 aliphatic rings. The minimum absolute atomic E-state index is 0.0448. The quantitative estimate of drug-likeness (QED) is 0.501. The number of esters is 1. The van der Waals surface area contributed by atoms with E-state index in [4.69, 9.17) is 4.74 Å². The fourth-order valence-electron chi connectivity index (χ4n) is 1.74. The summed E-state index contributed by atoms with van der Waals surface area (Å²) in [5.74, 6) is -0.381. The minimum Gasteiger partial charge on any atom is -0.462 e. The number of ether oxygens (including phenoxy) is 1. The van der Waals surface area contributed by atoms with Gasteiger partial charge in [0.05, 0.1) is 12.3 Å². The van der Waals surface area contributed by atoms with Crippen LogP contribution in [0.2, 0.25) is 0 Å². The molecule has 1 aliphatic heterocycles. The lowest BCUT2D eigenvalue weighted by Gasteiger charge is -2.11. The molecule has 1 aliphatic carbocycles. The van der Waals surface area contributed by atoms with Gasteiger partial charge in [0.2, 0.25) is 0 Å². The highest BCUT2D eigenvalue weighted by molar-refractivity contribution is 5.96. The Bertz CT molecular complexity index is 254. The number of allylic oxidation sites excluding steroid dienone is 2. The largest absolute Gasteiger partial charge is 0.462 e. The molecule has 2 atom stereocenters. The van der Waals surface area contributed by atoms with Crippen molar-refractivity contribution in [3.8, 4) is 0 Å². The second-order valence-corrected chi connectivity index (χ2v) is 3.22. The van der Waals surface area contributed by atoms with Gasteiger partial charge in [-0.3, -0.25) is 9.59 Å². The molecule has 0 saturated carbocycles. The fourth-order valence-corrected chi connectivity index (χ4v) is 1.74. The van der Waals surface area contributed by atoms with E-state index in [1.54, 1.807) is 6.08 Å². The van der Waals surface area contributed by atoms with E-state index in [0.29, 0.717) is 0 Å². The molecule has 0 amide bonds. The SMILES string of the molecule is O=C1C[C@@H]2C(=O)C=CCC[C@H]2O1. The molecular weight excluding hydrogens is 156 g/mol. The third kappa shape index (κ3) is 1.15. The summed E-state index contributed by atoms with van der Waals surface area (Å²) in [6.07, 6.45) is 5.17. The summed E-state index contributed by atoms with van der Waals surface area (Å²) in [7, 11) is 0. The monoisotopic (exact) mass is 166 g/mol. The van der Waals surface area contributed by atoms with Gasteiger partial charge in [0, 0.05) is 0 Å². The number of ketones is 1. The molecule has 0 aromatic heterocycles. The van der Waals surface area contributed by atoms with Crippen LogP contribution in [0.3, 0.4) is 0 Å². The molecule has 0 N–H and O–H groups in total. The van der Waals surface area contributed by atoms with Gasteiger partial charge in [-0.2, -0.15) is 0 Å². The molecule has 0 bridgehead atoms. The molecule has 1 fully saturated rings. The molecule has 64 valence electrons. The van der Waals surface area contributed by atoms with Crippen molar-refractivity contribution in [3.05, 3.63) is 12.2 Å². The van der Waals surface area contributed by atoms with Crippen molar-refractivity contribution in [1.82, 2.24) is 0 Å². The van der Waals surface area contributed by atoms with Gasteiger partial charge in [-0.1, -0.05) is 6.08 Å². The average molecular weight is 166 g/mol. The van der Waals surface area contributed by atoms with E-state index in [-0.39, 0.29) is 30.2 Å². The van der Waals surface area contributed by atoms with E-state index in [2.05, 4.69) is 0 Å². The highest BCUT2D eigenvalue weighted by atomic mass is 16.5. The van der Waals surface area contributed by atoms with Crippen LogP contribution in [0, 0.1) is 5.92 Å². The van der Waals surface area contributed by atoms with E-state index in [1.165, 1.54) is 0 Å². The standard InChI is InChI=1S/C9H10O3/c10-7-3-1-2-4-8-6(7)5-9(11)12-8/h1,3,6,8H,2,4-5H2/t6-,8-/m1/s1. The number of carbonyl (C=O) groups is 2. The molecule has 3 nitrogen and oxygen atoms in total. The first-order chi connectivity index (χ1) is 5.77.